The highest BCUT2D eigenvalue weighted by Gasteiger charge is 2.18. The van der Waals surface area contributed by atoms with Gasteiger partial charge in [0.05, 0.1) is 0 Å². The maximum absolute atomic E-state index is 13.0. The zero-order valence-electron chi connectivity index (χ0n) is 12.7. The highest BCUT2D eigenvalue weighted by Crippen LogP contribution is 2.27. The minimum Gasteiger partial charge on any atom is -0.314 e. The van der Waals surface area contributed by atoms with Crippen LogP contribution in [0.25, 0.3) is 0 Å². The summed E-state index contributed by atoms with van der Waals surface area (Å²) in [5, 5.41) is 3.62. The maximum atomic E-state index is 13.0. The predicted octanol–water partition coefficient (Wildman–Crippen LogP) is 4.71. The summed E-state index contributed by atoms with van der Waals surface area (Å²) in [6.07, 6.45) is 10.7. The topological polar surface area (TPSA) is 12.0 Å². The van der Waals surface area contributed by atoms with Gasteiger partial charge >= 0.3 is 0 Å². The minimum absolute atomic E-state index is 0.141. The average Bonchev–Trinajstić information content (AvgIpc) is 2.70. The van der Waals surface area contributed by atoms with Crippen LogP contribution >= 0.6 is 0 Å². The molecule has 0 heterocycles. The summed E-state index contributed by atoms with van der Waals surface area (Å²) in [5.41, 5.74) is 1.24. The Bertz CT molecular complexity index is 366. The molecule has 1 N–H and O–H groups in total. The predicted molar refractivity (Wildman–Crippen MR) is 83.4 cm³/mol. The minimum atomic E-state index is -0.141. The van der Waals surface area contributed by atoms with E-state index in [0.717, 1.165) is 18.9 Å². The second-order valence-corrected chi connectivity index (χ2v) is 6.18. The summed E-state index contributed by atoms with van der Waals surface area (Å²) in [7, 11) is 0. The van der Waals surface area contributed by atoms with Crippen LogP contribution in [0.15, 0.2) is 24.3 Å². The number of rotatable bonds is 6. The Morgan fingerprint density at radius 3 is 2.35 bits per heavy atom. The molecule has 0 aromatic heterocycles. The van der Waals surface area contributed by atoms with Crippen LogP contribution in [0.2, 0.25) is 0 Å². The van der Waals surface area contributed by atoms with Crippen LogP contribution in [0.5, 0.6) is 0 Å². The molecule has 1 unspecified atom stereocenters. The molecule has 2 heteroatoms. The average molecular weight is 277 g/mol. The highest BCUT2D eigenvalue weighted by atomic mass is 19.1. The zero-order chi connectivity index (χ0) is 14.2. The molecular weight excluding hydrogens is 249 g/mol. The van der Waals surface area contributed by atoms with Gasteiger partial charge in [0.1, 0.15) is 5.82 Å². The van der Waals surface area contributed by atoms with Gasteiger partial charge in [-0.25, -0.2) is 4.39 Å². The SMILES string of the molecule is CCNC(Cc1ccc(F)cc1)CC1CCCCCC1. The van der Waals surface area contributed by atoms with Crippen LogP contribution in [0.3, 0.4) is 0 Å². The van der Waals surface area contributed by atoms with E-state index in [1.54, 1.807) is 12.1 Å². The third-order valence-corrected chi connectivity index (χ3v) is 4.48. The maximum Gasteiger partial charge on any atom is 0.123 e. The van der Waals surface area contributed by atoms with Crippen molar-refractivity contribution in [2.75, 3.05) is 6.54 Å². The molecule has 1 atom stereocenters. The molecule has 1 aliphatic rings. The van der Waals surface area contributed by atoms with E-state index in [4.69, 9.17) is 0 Å². The Hall–Kier alpha value is -0.890. The van der Waals surface area contributed by atoms with Crippen molar-refractivity contribution in [2.45, 2.75) is 64.3 Å². The second-order valence-electron chi connectivity index (χ2n) is 6.18. The molecule has 0 bridgehead atoms. The van der Waals surface area contributed by atoms with E-state index in [0.29, 0.717) is 6.04 Å². The van der Waals surface area contributed by atoms with E-state index in [1.165, 1.54) is 50.5 Å². The standard InChI is InChI=1S/C18H28FN/c1-2-20-18(13-15-7-5-3-4-6-8-15)14-16-9-11-17(19)12-10-16/h9-12,15,18,20H,2-8,13-14H2,1H3. The van der Waals surface area contributed by atoms with Gasteiger partial charge in [-0.15, -0.1) is 0 Å². The van der Waals surface area contributed by atoms with Crippen molar-refractivity contribution in [1.82, 2.24) is 5.32 Å². The molecule has 0 radical (unpaired) electrons. The van der Waals surface area contributed by atoms with Gasteiger partial charge in [0.15, 0.2) is 0 Å². The molecule has 1 nitrogen and oxygen atoms in total. The number of likely N-dealkylation sites (N-methyl/N-ethyl adjacent to an activating group) is 1. The lowest BCUT2D eigenvalue weighted by Crippen LogP contribution is -2.33. The Morgan fingerprint density at radius 1 is 1.10 bits per heavy atom. The molecule has 1 saturated carbocycles. The molecule has 112 valence electrons. The molecule has 20 heavy (non-hydrogen) atoms. The van der Waals surface area contributed by atoms with E-state index in [9.17, 15) is 4.39 Å². The fourth-order valence-electron chi connectivity index (χ4n) is 3.43. The van der Waals surface area contributed by atoms with E-state index in [-0.39, 0.29) is 5.82 Å². The smallest absolute Gasteiger partial charge is 0.123 e. The van der Waals surface area contributed by atoms with Crippen molar-refractivity contribution in [3.8, 4) is 0 Å². The fourth-order valence-corrected chi connectivity index (χ4v) is 3.43. The van der Waals surface area contributed by atoms with Crippen molar-refractivity contribution in [2.24, 2.45) is 5.92 Å². The fraction of sp³-hybridized carbons (Fsp3) is 0.667. The first-order valence-corrected chi connectivity index (χ1v) is 8.25. The Balaban J connectivity index is 1.90. The van der Waals surface area contributed by atoms with Crippen LogP contribution in [0.1, 0.15) is 57.4 Å². The van der Waals surface area contributed by atoms with Gasteiger partial charge in [-0.2, -0.15) is 0 Å². The summed E-state index contributed by atoms with van der Waals surface area (Å²) >= 11 is 0. The van der Waals surface area contributed by atoms with Gasteiger partial charge in [0, 0.05) is 6.04 Å². The van der Waals surface area contributed by atoms with E-state index < -0.39 is 0 Å². The van der Waals surface area contributed by atoms with Crippen molar-refractivity contribution >= 4 is 0 Å². The van der Waals surface area contributed by atoms with Gasteiger partial charge in [-0.3, -0.25) is 0 Å². The van der Waals surface area contributed by atoms with Crippen LogP contribution in [-0.4, -0.2) is 12.6 Å². The largest absolute Gasteiger partial charge is 0.314 e. The van der Waals surface area contributed by atoms with Gasteiger partial charge in [0.25, 0.3) is 0 Å². The zero-order valence-corrected chi connectivity index (χ0v) is 12.7. The normalized spacial score (nSPS) is 18.7. The molecule has 0 aliphatic heterocycles. The summed E-state index contributed by atoms with van der Waals surface area (Å²) in [4.78, 5) is 0. The third kappa shape index (κ3) is 5.24. The van der Waals surface area contributed by atoms with E-state index in [2.05, 4.69) is 12.2 Å². The monoisotopic (exact) mass is 277 g/mol. The van der Waals surface area contributed by atoms with Gasteiger partial charge < -0.3 is 5.32 Å². The number of hydrogen-bond donors (Lipinski definition) is 1. The van der Waals surface area contributed by atoms with Crippen LogP contribution in [0.4, 0.5) is 4.39 Å². The van der Waals surface area contributed by atoms with Crippen molar-refractivity contribution in [3.05, 3.63) is 35.6 Å². The van der Waals surface area contributed by atoms with Gasteiger partial charge in [0.2, 0.25) is 0 Å². The first-order valence-electron chi connectivity index (χ1n) is 8.25. The number of benzene rings is 1. The molecule has 0 spiro atoms. The van der Waals surface area contributed by atoms with Crippen molar-refractivity contribution in [1.29, 1.82) is 0 Å². The molecule has 1 aromatic rings. The molecule has 1 aliphatic carbocycles. The van der Waals surface area contributed by atoms with Crippen molar-refractivity contribution in [3.63, 3.8) is 0 Å². The lowest BCUT2D eigenvalue weighted by Gasteiger charge is -2.23. The lowest BCUT2D eigenvalue weighted by molar-refractivity contribution is 0.353. The molecule has 2 rings (SSSR count). The third-order valence-electron chi connectivity index (χ3n) is 4.48. The number of halogens is 1. The molecular formula is C18H28FN. The molecule has 1 aromatic carbocycles. The molecule has 1 fully saturated rings. The molecule has 0 saturated heterocycles. The van der Waals surface area contributed by atoms with E-state index >= 15 is 0 Å². The first-order chi connectivity index (χ1) is 9.78. The Labute approximate surface area is 123 Å². The molecule has 0 amide bonds. The highest BCUT2D eigenvalue weighted by molar-refractivity contribution is 5.17. The van der Waals surface area contributed by atoms with Crippen LogP contribution < -0.4 is 5.32 Å². The number of hydrogen-bond acceptors (Lipinski definition) is 1. The summed E-state index contributed by atoms with van der Waals surface area (Å²) in [6, 6.07) is 7.53. The lowest BCUT2D eigenvalue weighted by atomic mass is 9.90. The summed E-state index contributed by atoms with van der Waals surface area (Å²) < 4.78 is 13.0. The Morgan fingerprint density at radius 2 is 1.75 bits per heavy atom. The summed E-state index contributed by atoms with van der Waals surface area (Å²) in [6.45, 7) is 3.18. The first kappa shape index (κ1) is 15.5. The Kier molecular flexibility index (Phi) is 6.52. The van der Waals surface area contributed by atoms with Gasteiger partial charge in [-0.1, -0.05) is 57.6 Å². The number of nitrogens with one attached hydrogen (secondary N) is 1. The second kappa shape index (κ2) is 8.41. The van der Waals surface area contributed by atoms with Crippen molar-refractivity contribution < 1.29 is 4.39 Å². The quantitative estimate of drug-likeness (QED) is 0.743. The summed E-state index contributed by atoms with van der Waals surface area (Å²) in [5.74, 6) is 0.736. The van der Waals surface area contributed by atoms with Crippen LogP contribution in [0, 0.1) is 11.7 Å². The van der Waals surface area contributed by atoms with Gasteiger partial charge in [-0.05, 0) is 43.0 Å². The van der Waals surface area contributed by atoms with E-state index in [1.807, 2.05) is 12.1 Å². The van der Waals surface area contributed by atoms with Crippen LogP contribution in [-0.2, 0) is 6.42 Å².